The lowest BCUT2D eigenvalue weighted by Gasteiger charge is -2.08. The lowest BCUT2D eigenvalue weighted by Crippen LogP contribution is -2.25. The zero-order valence-electron chi connectivity index (χ0n) is 12.7. The Hall–Kier alpha value is -2.61. The van der Waals surface area contributed by atoms with Crippen molar-refractivity contribution in [3.05, 3.63) is 83.4 Å². The Morgan fingerprint density at radius 3 is 2.45 bits per heavy atom. The molecule has 2 heteroatoms. The van der Waals surface area contributed by atoms with E-state index in [4.69, 9.17) is 0 Å². The van der Waals surface area contributed by atoms with Gasteiger partial charge in [-0.1, -0.05) is 54.6 Å². The van der Waals surface area contributed by atoms with Gasteiger partial charge in [0.15, 0.2) is 0 Å². The van der Waals surface area contributed by atoms with Crippen LogP contribution in [0.4, 0.5) is 0 Å². The van der Waals surface area contributed by atoms with Crippen LogP contribution in [0.1, 0.15) is 21.5 Å². The predicted molar refractivity (Wildman–Crippen MR) is 91.2 cm³/mol. The molecular formula is C20H19NO. The predicted octanol–water partition coefficient (Wildman–Crippen LogP) is 4.12. The van der Waals surface area contributed by atoms with Crippen LogP contribution >= 0.6 is 0 Å². The molecule has 0 aliphatic rings. The number of hydrogen-bond acceptors (Lipinski definition) is 1. The molecule has 0 radical (unpaired) electrons. The van der Waals surface area contributed by atoms with E-state index >= 15 is 0 Å². The summed E-state index contributed by atoms with van der Waals surface area (Å²) in [4.78, 5) is 12.3. The molecule has 0 atom stereocenters. The first-order chi connectivity index (χ1) is 10.7. The second-order valence-electron chi connectivity index (χ2n) is 5.49. The number of rotatable bonds is 4. The van der Waals surface area contributed by atoms with E-state index in [1.165, 1.54) is 11.1 Å². The first-order valence-corrected chi connectivity index (χ1v) is 7.55. The Bertz CT molecular complexity index is 807. The minimum Gasteiger partial charge on any atom is -0.352 e. The van der Waals surface area contributed by atoms with Gasteiger partial charge in [0.1, 0.15) is 0 Å². The first-order valence-electron chi connectivity index (χ1n) is 7.55. The number of benzene rings is 3. The van der Waals surface area contributed by atoms with Crippen LogP contribution in [0.5, 0.6) is 0 Å². The largest absolute Gasteiger partial charge is 0.352 e. The van der Waals surface area contributed by atoms with Crippen molar-refractivity contribution in [2.45, 2.75) is 13.3 Å². The third-order valence-corrected chi connectivity index (χ3v) is 3.95. The van der Waals surface area contributed by atoms with Crippen molar-refractivity contribution in [3.8, 4) is 0 Å². The van der Waals surface area contributed by atoms with Gasteiger partial charge in [-0.05, 0) is 47.4 Å². The molecule has 0 aliphatic carbocycles. The number of carbonyl (C=O) groups is 1. The average Bonchev–Trinajstić information content (AvgIpc) is 2.56. The molecule has 0 bridgehead atoms. The van der Waals surface area contributed by atoms with Gasteiger partial charge >= 0.3 is 0 Å². The number of nitrogens with one attached hydrogen (secondary N) is 1. The van der Waals surface area contributed by atoms with Gasteiger partial charge in [0, 0.05) is 12.1 Å². The molecule has 0 unspecified atom stereocenters. The molecule has 0 aromatic heterocycles. The maximum absolute atomic E-state index is 12.3. The molecule has 0 spiro atoms. The molecule has 110 valence electrons. The van der Waals surface area contributed by atoms with Gasteiger partial charge in [-0.25, -0.2) is 0 Å². The van der Waals surface area contributed by atoms with Crippen molar-refractivity contribution in [2.75, 3.05) is 6.54 Å². The van der Waals surface area contributed by atoms with Crippen molar-refractivity contribution in [3.63, 3.8) is 0 Å². The lowest BCUT2D eigenvalue weighted by atomic mass is 10.1. The maximum atomic E-state index is 12.3. The number of hydrogen-bond donors (Lipinski definition) is 1. The van der Waals surface area contributed by atoms with E-state index in [0.29, 0.717) is 12.1 Å². The van der Waals surface area contributed by atoms with Crippen LogP contribution in [0.15, 0.2) is 66.7 Å². The van der Waals surface area contributed by atoms with E-state index < -0.39 is 0 Å². The van der Waals surface area contributed by atoms with Gasteiger partial charge in [0.2, 0.25) is 0 Å². The molecule has 0 aliphatic heterocycles. The molecule has 1 N–H and O–H groups in total. The standard InChI is InChI=1S/C20H19NO/c1-15-6-2-3-7-16(15)12-13-21-20(22)19-11-10-17-8-4-5-9-18(17)14-19/h2-11,14H,12-13H2,1H3,(H,21,22). The van der Waals surface area contributed by atoms with Crippen molar-refractivity contribution in [2.24, 2.45) is 0 Å². The number of fused-ring (bicyclic) bond motifs is 1. The minimum absolute atomic E-state index is 0.0145. The van der Waals surface area contributed by atoms with Crippen LogP contribution < -0.4 is 5.32 Å². The van der Waals surface area contributed by atoms with E-state index in [1.807, 2.05) is 48.5 Å². The summed E-state index contributed by atoms with van der Waals surface area (Å²) in [6.07, 6.45) is 0.853. The summed E-state index contributed by atoms with van der Waals surface area (Å²) >= 11 is 0. The quantitative estimate of drug-likeness (QED) is 0.769. The summed E-state index contributed by atoms with van der Waals surface area (Å²) in [6, 6.07) is 22.2. The molecule has 3 aromatic rings. The van der Waals surface area contributed by atoms with E-state index in [2.05, 4.69) is 30.4 Å². The lowest BCUT2D eigenvalue weighted by molar-refractivity contribution is 0.0954. The third kappa shape index (κ3) is 3.17. The van der Waals surface area contributed by atoms with Crippen molar-refractivity contribution < 1.29 is 4.79 Å². The van der Waals surface area contributed by atoms with Crippen LogP contribution in [0.25, 0.3) is 10.8 Å². The molecule has 0 fully saturated rings. The zero-order valence-corrected chi connectivity index (χ0v) is 12.7. The summed E-state index contributed by atoms with van der Waals surface area (Å²) in [6.45, 7) is 2.75. The van der Waals surface area contributed by atoms with Crippen LogP contribution in [0.2, 0.25) is 0 Å². The highest BCUT2D eigenvalue weighted by Gasteiger charge is 2.06. The average molecular weight is 289 g/mol. The maximum Gasteiger partial charge on any atom is 0.251 e. The Kier molecular flexibility index (Phi) is 4.19. The number of amides is 1. The molecule has 3 rings (SSSR count). The molecule has 0 saturated heterocycles. The Labute approximate surface area is 130 Å². The van der Waals surface area contributed by atoms with Gasteiger partial charge in [-0.3, -0.25) is 4.79 Å². The smallest absolute Gasteiger partial charge is 0.251 e. The molecule has 0 heterocycles. The van der Waals surface area contributed by atoms with Crippen molar-refractivity contribution >= 4 is 16.7 Å². The van der Waals surface area contributed by atoms with Crippen LogP contribution in [0, 0.1) is 6.92 Å². The van der Waals surface area contributed by atoms with Crippen LogP contribution in [-0.2, 0) is 6.42 Å². The van der Waals surface area contributed by atoms with E-state index in [-0.39, 0.29) is 5.91 Å². The van der Waals surface area contributed by atoms with Gasteiger partial charge < -0.3 is 5.32 Å². The summed E-state index contributed by atoms with van der Waals surface area (Å²) in [5.74, 6) is -0.0145. The Morgan fingerprint density at radius 2 is 1.64 bits per heavy atom. The fraction of sp³-hybridized carbons (Fsp3) is 0.150. The van der Waals surface area contributed by atoms with Gasteiger partial charge in [0.25, 0.3) is 5.91 Å². The van der Waals surface area contributed by atoms with Gasteiger partial charge in [0.05, 0.1) is 0 Å². The van der Waals surface area contributed by atoms with Crippen LogP contribution in [-0.4, -0.2) is 12.5 Å². The van der Waals surface area contributed by atoms with Gasteiger partial charge in [-0.2, -0.15) is 0 Å². The molecular weight excluding hydrogens is 270 g/mol. The Balaban J connectivity index is 1.65. The zero-order chi connectivity index (χ0) is 15.4. The van der Waals surface area contributed by atoms with E-state index in [0.717, 1.165) is 17.2 Å². The molecule has 2 nitrogen and oxygen atoms in total. The summed E-state index contributed by atoms with van der Waals surface area (Å²) < 4.78 is 0. The van der Waals surface area contributed by atoms with Crippen molar-refractivity contribution in [1.82, 2.24) is 5.32 Å². The summed E-state index contributed by atoms with van der Waals surface area (Å²) in [7, 11) is 0. The first kappa shape index (κ1) is 14.3. The second-order valence-corrected chi connectivity index (χ2v) is 5.49. The second kappa shape index (κ2) is 6.44. The number of aryl methyl sites for hydroxylation is 1. The molecule has 22 heavy (non-hydrogen) atoms. The SMILES string of the molecule is Cc1ccccc1CCNC(=O)c1ccc2ccccc2c1. The monoisotopic (exact) mass is 289 g/mol. The fourth-order valence-electron chi connectivity index (χ4n) is 2.63. The topological polar surface area (TPSA) is 29.1 Å². The summed E-state index contributed by atoms with van der Waals surface area (Å²) in [5, 5.41) is 5.24. The fourth-order valence-corrected chi connectivity index (χ4v) is 2.63. The highest BCUT2D eigenvalue weighted by Crippen LogP contribution is 2.15. The van der Waals surface area contributed by atoms with E-state index in [9.17, 15) is 4.79 Å². The molecule has 1 amide bonds. The third-order valence-electron chi connectivity index (χ3n) is 3.95. The van der Waals surface area contributed by atoms with Crippen LogP contribution in [0.3, 0.4) is 0 Å². The van der Waals surface area contributed by atoms with E-state index in [1.54, 1.807) is 0 Å². The molecule has 3 aromatic carbocycles. The van der Waals surface area contributed by atoms with Crippen molar-refractivity contribution in [1.29, 1.82) is 0 Å². The normalized spacial score (nSPS) is 10.6. The highest BCUT2D eigenvalue weighted by atomic mass is 16.1. The van der Waals surface area contributed by atoms with Gasteiger partial charge in [-0.15, -0.1) is 0 Å². The minimum atomic E-state index is -0.0145. The summed E-state index contributed by atoms with van der Waals surface area (Å²) in [5.41, 5.74) is 3.26. The molecule has 0 saturated carbocycles. The number of carbonyl (C=O) groups excluding carboxylic acids is 1. The highest BCUT2D eigenvalue weighted by molar-refractivity contribution is 5.98. The Morgan fingerprint density at radius 1 is 0.909 bits per heavy atom.